The van der Waals surface area contributed by atoms with Crippen molar-refractivity contribution in [1.29, 1.82) is 0 Å². The van der Waals surface area contributed by atoms with E-state index in [-0.39, 0.29) is 18.2 Å². The Kier molecular flexibility index (Phi) is 12.1. The minimum atomic E-state index is -0.140. The van der Waals surface area contributed by atoms with Crippen LogP contribution in [0.5, 0.6) is 0 Å². The fourth-order valence-electron chi connectivity index (χ4n) is 2.63. The number of unbranched alkanes of at least 4 members (excludes halogenated alkanes) is 6. The zero-order valence-electron chi connectivity index (χ0n) is 15.4. The summed E-state index contributed by atoms with van der Waals surface area (Å²) < 4.78 is 10.2. The number of carbonyl (C=O) groups excluding carboxylic acids is 1. The summed E-state index contributed by atoms with van der Waals surface area (Å²) in [5.41, 5.74) is 0. The molecule has 0 bridgehead atoms. The molecule has 0 amide bonds. The van der Waals surface area contributed by atoms with Gasteiger partial charge in [0, 0.05) is 6.42 Å². The maximum atomic E-state index is 11.0. The van der Waals surface area contributed by atoms with Gasteiger partial charge in [0.15, 0.2) is 0 Å². The summed E-state index contributed by atoms with van der Waals surface area (Å²) in [7, 11) is 1.43. The monoisotopic (exact) mass is 334 g/mol. The number of hydrogen-bond donors (Lipinski definition) is 0. The van der Waals surface area contributed by atoms with Gasteiger partial charge >= 0.3 is 5.97 Å². The van der Waals surface area contributed by atoms with Crippen LogP contribution in [0.3, 0.4) is 0 Å². The lowest BCUT2D eigenvalue weighted by molar-refractivity contribution is -0.140. The van der Waals surface area contributed by atoms with Gasteiger partial charge in [-0.15, -0.1) is 0 Å². The van der Waals surface area contributed by atoms with Crippen LogP contribution >= 0.6 is 0 Å². The van der Waals surface area contributed by atoms with Crippen molar-refractivity contribution in [3.63, 3.8) is 0 Å². The predicted octanol–water partition coefficient (Wildman–Crippen LogP) is 5.52. The number of ether oxygens (including phenoxy) is 2. The number of allylic oxidation sites excluding steroid dienone is 5. The first-order chi connectivity index (χ1) is 11.8. The Labute approximate surface area is 147 Å². The van der Waals surface area contributed by atoms with Crippen molar-refractivity contribution in [2.75, 3.05) is 7.11 Å². The van der Waals surface area contributed by atoms with Crippen LogP contribution in [0.25, 0.3) is 0 Å². The van der Waals surface area contributed by atoms with E-state index in [2.05, 4.69) is 36.0 Å². The minimum Gasteiger partial charge on any atom is -0.469 e. The van der Waals surface area contributed by atoms with Gasteiger partial charge in [-0.2, -0.15) is 0 Å². The van der Waals surface area contributed by atoms with Crippen molar-refractivity contribution in [2.45, 2.75) is 83.3 Å². The molecule has 0 saturated carbocycles. The highest BCUT2D eigenvalue weighted by Crippen LogP contribution is 2.28. The van der Waals surface area contributed by atoms with Crippen LogP contribution in [-0.4, -0.2) is 25.3 Å². The molecule has 0 aliphatic carbocycles. The van der Waals surface area contributed by atoms with Gasteiger partial charge in [0.2, 0.25) is 0 Å². The molecular formula is C21H34O3. The molecule has 0 spiro atoms. The van der Waals surface area contributed by atoms with Gasteiger partial charge in [0.25, 0.3) is 0 Å². The van der Waals surface area contributed by atoms with Crippen LogP contribution in [0.4, 0.5) is 0 Å². The average Bonchev–Trinajstić information content (AvgIpc) is 3.34. The average molecular weight is 335 g/mol. The normalized spacial score (nSPS) is 20.4. The van der Waals surface area contributed by atoms with Crippen LogP contribution in [0.1, 0.15) is 71.1 Å². The Bertz CT molecular complexity index is 409. The maximum Gasteiger partial charge on any atom is 0.305 e. The third-order valence-corrected chi connectivity index (χ3v) is 4.21. The molecule has 3 heteroatoms. The Morgan fingerprint density at radius 2 is 1.75 bits per heavy atom. The quantitative estimate of drug-likeness (QED) is 0.182. The van der Waals surface area contributed by atoms with Crippen molar-refractivity contribution >= 4 is 5.97 Å². The molecule has 0 aromatic heterocycles. The van der Waals surface area contributed by atoms with E-state index < -0.39 is 0 Å². The molecule has 0 unspecified atom stereocenters. The molecule has 1 saturated heterocycles. The number of epoxide rings is 1. The highest BCUT2D eigenvalue weighted by atomic mass is 16.6. The van der Waals surface area contributed by atoms with Crippen LogP contribution in [0, 0.1) is 0 Å². The first-order valence-electron chi connectivity index (χ1n) is 9.50. The Morgan fingerprint density at radius 3 is 2.54 bits per heavy atom. The largest absolute Gasteiger partial charge is 0.469 e. The molecule has 1 rings (SSSR count). The molecule has 2 atom stereocenters. The van der Waals surface area contributed by atoms with E-state index in [9.17, 15) is 4.79 Å². The Morgan fingerprint density at radius 1 is 1.00 bits per heavy atom. The van der Waals surface area contributed by atoms with Crippen molar-refractivity contribution in [3.05, 3.63) is 36.5 Å². The van der Waals surface area contributed by atoms with E-state index in [0.717, 1.165) is 12.8 Å². The van der Waals surface area contributed by atoms with E-state index >= 15 is 0 Å². The molecule has 1 aliphatic heterocycles. The molecule has 1 aliphatic rings. The third-order valence-electron chi connectivity index (χ3n) is 4.21. The molecular weight excluding hydrogens is 300 g/mol. The topological polar surface area (TPSA) is 38.8 Å². The molecule has 0 aromatic carbocycles. The molecule has 24 heavy (non-hydrogen) atoms. The third kappa shape index (κ3) is 11.2. The summed E-state index contributed by atoms with van der Waals surface area (Å²) in [5.74, 6) is -0.140. The van der Waals surface area contributed by atoms with Crippen molar-refractivity contribution in [2.24, 2.45) is 0 Å². The molecule has 136 valence electrons. The number of esters is 1. The van der Waals surface area contributed by atoms with Gasteiger partial charge in [0.05, 0.1) is 13.2 Å². The summed E-state index contributed by atoms with van der Waals surface area (Å²) in [4.78, 5) is 11.0. The first kappa shape index (κ1) is 20.7. The molecule has 0 N–H and O–H groups in total. The maximum absolute atomic E-state index is 11.0. The summed E-state index contributed by atoms with van der Waals surface area (Å²) in [6.45, 7) is 2.25. The fraction of sp³-hybridized carbons (Fsp3) is 0.667. The minimum absolute atomic E-state index is 0.140. The van der Waals surface area contributed by atoms with E-state index in [4.69, 9.17) is 4.74 Å². The lowest BCUT2D eigenvalue weighted by Crippen LogP contribution is -2.01. The molecule has 0 aromatic rings. The molecule has 1 heterocycles. The number of methoxy groups -OCH3 is 1. The zero-order valence-corrected chi connectivity index (χ0v) is 15.4. The summed E-state index contributed by atoms with van der Waals surface area (Å²) >= 11 is 0. The summed E-state index contributed by atoms with van der Waals surface area (Å²) in [5, 5.41) is 0. The number of rotatable bonds is 14. The molecule has 1 fully saturated rings. The second kappa shape index (κ2) is 14.0. The van der Waals surface area contributed by atoms with Crippen molar-refractivity contribution in [3.8, 4) is 0 Å². The lowest BCUT2D eigenvalue weighted by atomic mass is 10.1. The standard InChI is InChI=1S/C21H34O3/c1-3-4-5-6-7-8-9-10-11-12-13-14-16-19-20(24-19)17-15-18-21(22)23-2/h10-14,16,19-20H,3-9,15,17-18H2,1-2H3/b11-10-,13-12+,16-14+/t19-,20-/m0/s1. The second-order valence-electron chi connectivity index (χ2n) is 6.36. The van der Waals surface area contributed by atoms with Gasteiger partial charge in [-0.05, 0) is 25.7 Å². The second-order valence-corrected chi connectivity index (χ2v) is 6.36. The summed E-state index contributed by atoms with van der Waals surface area (Å²) in [6.07, 6.45) is 24.6. The van der Waals surface area contributed by atoms with Crippen molar-refractivity contribution in [1.82, 2.24) is 0 Å². The van der Waals surface area contributed by atoms with Gasteiger partial charge in [-0.25, -0.2) is 0 Å². The van der Waals surface area contributed by atoms with Gasteiger partial charge in [-0.3, -0.25) is 4.79 Å². The van der Waals surface area contributed by atoms with Gasteiger partial charge in [0.1, 0.15) is 6.10 Å². The Hall–Kier alpha value is -1.35. The zero-order chi connectivity index (χ0) is 17.5. The number of hydrogen-bond acceptors (Lipinski definition) is 3. The highest BCUT2D eigenvalue weighted by Gasteiger charge is 2.35. The van der Waals surface area contributed by atoms with Gasteiger partial charge in [-0.1, -0.05) is 75.5 Å². The number of carbonyl (C=O) groups is 1. The SMILES string of the molecule is CCCCCCCC\C=C/C=C/C=C/[C@@H]1O[C@H]1CCCC(=O)OC. The highest BCUT2D eigenvalue weighted by molar-refractivity contribution is 5.68. The van der Waals surface area contributed by atoms with Gasteiger partial charge < -0.3 is 9.47 Å². The fourth-order valence-corrected chi connectivity index (χ4v) is 2.63. The molecule has 3 nitrogen and oxygen atoms in total. The van der Waals surface area contributed by atoms with E-state index in [1.807, 2.05) is 12.2 Å². The van der Waals surface area contributed by atoms with E-state index in [1.54, 1.807) is 0 Å². The van der Waals surface area contributed by atoms with Crippen LogP contribution < -0.4 is 0 Å². The summed E-state index contributed by atoms with van der Waals surface area (Å²) in [6, 6.07) is 0. The van der Waals surface area contributed by atoms with Crippen LogP contribution in [0.2, 0.25) is 0 Å². The smallest absolute Gasteiger partial charge is 0.305 e. The van der Waals surface area contributed by atoms with Crippen molar-refractivity contribution < 1.29 is 14.3 Å². The lowest BCUT2D eigenvalue weighted by Gasteiger charge is -1.97. The predicted molar refractivity (Wildman–Crippen MR) is 99.9 cm³/mol. The van der Waals surface area contributed by atoms with E-state index in [0.29, 0.717) is 6.42 Å². The Balaban J connectivity index is 1.94. The van der Waals surface area contributed by atoms with E-state index in [1.165, 1.54) is 52.1 Å². The molecule has 0 radical (unpaired) electrons. The van der Waals surface area contributed by atoms with Crippen LogP contribution in [0.15, 0.2) is 36.5 Å². The first-order valence-corrected chi connectivity index (χ1v) is 9.50. The van der Waals surface area contributed by atoms with Crippen LogP contribution in [-0.2, 0) is 14.3 Å².